The highest BCUT2D eigenvalue weighted by atomic mass is 16.1. The average molecular weight is 245 g/mol. The first kappa shape index (κ1) is 12.1. The van der Waals surface area contributed by atoms with Gasteiger partial charge in [-0.05, 0) is 24.6 Å². The molecular weight excluding hydrogens is 230 g/mol. The number of nitrogens with two attached hydrogens (primary N) is 1. The van der Waals surface area contributed by atoms with Crippen LogP contribution in [0, 0.1) is 6.92 Å². The first-order chi connectivity index (χ1) is 8.66. The molecule has 0 aliphatic rings. The number of aromatic nitrogens is 3. The number of hydrogen-bond acceptors (Lipinski definition) is 4. The number of nitrogen functional groups attached to an aromatic ring is 1. The van der Waals surface area contributed by atoms with Crippen molar-refractivity contribution in [3.63, 3.8) is 0 Å². The van der Waals surface area contributed by atoms with Gasteiger partial charge in [0.1, 0.15) is 0 Å². The van der Waals surface area contributed by atoms with Crippen LogP contribution in [0.3, 0.4) is 0 Å². The zero-order chi connectivity index (χ0) is 13.0. The number of hydrogen-bond donors (Lipinski definition) is 2. The predicted octanol–water partition coefficient (Wildman–Crippen LogP) is 0.599. The fourth-order valence-corrected chi connectivity index (χ4v) is 1.62. The summed E-state index contributed by atoms with van der Waals surface area (Å²) in [6.45, 7) is 3.00. The summed E-state index contributed by atoms with van der Waals surface area (Å²) in [5.41, 5.74) is 7.83. The van der Waals surface area contributed by atoms with E-state index in [0.29, 0.717) is 24.3 Å². The number of aryl methyl sites for hydroxylation is 1. The van der Waals surface area contributed by atoms with Gasteiger partial charge in [-0.2, -0.15) is 0 Å². The lowest BCUT2D eigenvalue weighted by Crippen LogP contribution is -2.28. The Morgan fingerprint density at radius 1 is 1.50 bits per heavy atom. The van der Waals surface area contributed by atoms with Gasteiger partial charge in [0.15, 0.2) is 0 Å². The summed E-state index contributed by atoms with van der Waals surface area (Å²) < 4.78 is 1.65. The number of anilines is 1. The molecule has 1 heterocycles. The summed E-state index contributed by atoms with van der Waals surface area (Å²) >= 11 is 0. The minimum atomic E-state index is -0.174. The highest BCUT2D eigenvalue weighted by Crippen LogP contribution is 2.13. The smallest absolute Gasteiger partial charge is 0.253 e. The molecule has 1 amide bonds. The summed E-state index contributed by atoms with van der Waals surface area (Å²) in [5.74, 6) is -0.174. The number of nitrogens with one attached hydrogen (secondary N) is 1. The molecule has 2 aromatic rings. The van der Waals surface area contributed by atoms with Gasteiger partial charge in [0.2, 0.25) is 0 Å². The van der Waals surface area contributed by atoms with Crippen molar-refractivity contribution in [2.45, 2.75) is 13.5 Å². The largest absolute Gasteiger partial charge is 0.398 e. The van der Waals surface area contributed by atoms with Gasteiger partial charge in [0, 0.05) is 18.4 Å². The molecule has 0 spiro atoms. The van der Waals surface area contributed by atoms with E-state index in [1.807, 2.05) is 13.0 Å². The van der Waals surface area contributed by atoms with Crippen molar-refractivity contribution in [3.8, 4) is 0 Å². The number of amides is 1. The lowest BCUT2D eigenvalue weighted by molar-refractivity contribution is 0.0953. The minimum Gasteiger partial charge on any atom is -0.398 e. The van der Waals surface area contributed by atoms with E-state index in [2.05, 4.69) is 15.6 Å². The summed E-state index contributed by atoms with van der Waals surface area (Å²) in [5, 5.41) is 10.3. The van der Waals surface area contributed by atoms with E-state index in [1.54, 1.807) is 29.2 Å². The molecule has 2 rings (SSSR count). The molecule has 6 heteroatoms. The zero-order valence-corrected chi connectivity index (χ0v) is 10.1. The molecule has 0 aliphatic heterocycles. The molecular formula is C12H15N5O. The maximum Gasteiger partial charge on any atom is 0.253 e. The first-order valence-electron chi connectivity index (χ1n) is 5.65. The van der Waals surface area contributed by atoms with Crippen LogP contribution in [0.25, 0.3) is 0 Å². The molecule has 3 N–H and O–H groups in total. The van der Waals surface area contributed by atoms with E-state index in [0.717, 1.165) is 5.56 Å². The summed E-state index contributed by atoms with van der Waals surface area (Å²) in [6, 6.07) is 5.38. The summed E-state index contributed by atoms with van der Waals surface area (Å²) in [7, 11) is 0. The van der Waals surface area contributed by atoms with Crippen molar-refractivity contribution in [1.29, 1.82) is 0 Å². The van der Waals surface area contributed by atoms with Crippen LogP contribution in [0.4, 0.5) is 5.69 Å². The van der Waals surface area contributed by atoms with Crippen LogP contribution in [0.1, 0.15) is 15.9 Å². The molecule has 1 aromatic carbocycles. The fourth-order valence-electron chi connectivity index (χ4n) is 1.62. The van der Waals surface area contributed by atoms with Gasteiger partial charge in [-0.25, -0.2) is 0 Å². The number of carbonyl (C=O) groups excluding carboxylic acids is 1. The fraction of sp³-hybridized carbons (Fsp3) is 0.250. The van der Waals surface area contributed by atoms with Crippen LogP contribution in [0.15, 0.2) is 30.6 Å². The highest BCUT2D eigenvalue weighted by molar-refractivity contribution is 5.99. The van der Waals surface area contributed by atoms with E-state index in [1.165, 1.54) is 0 Å². The third-order valence-electron chi connectivity index (χ3n) is 2.55. The Balaban J connectivity index is 1.91. The zero-order valence-electron chi connectivity index (χ0n) is 10.1. The summed E-state index contributed by atoms with van der Waals surface area (Å²) in [4.78, 5) is 11.9. The molecule has 0 radical (unpaired) electrons. The van der Waals surface area contributed by atoms with Gasteiger partial charge >= 0.3 is 0 Å². The summed E-state index contributed by atoms with van der Waals surface area (Å²) in [6.07, 6.45) is 3.34. The van der Waals surface area contributed by atoms with E-state index >= 15 is 0 Å². The molecule has 18 heavy (non-hydrogen) atoms. The Hall–Kier alpha value is -2.37. The Morgan fingerprint density at radius 2 is 2.33 bits per heavy atom. The first-order valence-corrected chi connectivity index (χ1v) is 5.65. The number of nitrogens with zero attached hydrogens (tertiary/aromatic N) is 3. The Labute approximate surface area is 105 Å². The Morgan fingerprint density at radius 3 is 3.00 bits per heavy atom. The molecule has 0 fully saturated rings. The number of carbonyl (C=O) groups is 1. The molecule has 6 nitrogen and oxygen atoms in total. The molecule has 94 valence electrons. The lowest BCUT2D eigenvalue weighted by Gasteiger charge is -2.08. The van der Waals surface area contributed by atoms with Crippen molar-refractivity contribution in [2.24, 2.45) is 0 Å². The Kier molecular flexibility index (Phi) is 3.57. The molecule has 1 aromatic heterocycles. The van der Waals surface area contributed by atoms with E-state index in [4.69, 9.17) is 5.73 Å². The molecule has 0 aliphatic carbocycles. The van der Waals surface area contributed by atoms with E-state index in [9.17, 15) is 4.79 Å². The molecule has 0 saturated heterocycles. The standard InChI is InChI=1S/C12H15N5O/c1-9-2-3-10(11(13)8-9)12(18)14-4-6-17-7-5-15-16-17/h2-3,5,7-8H,4,6,13H2,1H3,(H,14,18). The van der Waals surface area contributed by atoms with Crippen molar-refractivity contribution in [1.82, 2.24) is 20.3 Å². The van der Waals surface area contributed by atoms with Gasteiger partial charge in [-0.3, -0.25) is 9.48 Å². The second-order valence-corrected chi connectivity index (χ2v) is 4.01. The van der Waals surface area contributed by atoms with Crippen LogP contribution >= 0.6 is 0 Å². The van der Waals surface area contributed by atoms with Crippen molar-refractivity contribution < 1.29 is 4.79 Å². The third-order valence-corrected chi connectivity index (χ3v) is 2.55. The molecule has 0 bridgehead atoms. The van der Waals surface area contributed by atoms with Gasteiger partial charge in [-0.1, -0.05) is 11.3 Å². The van der Waals surface area contributed by atoms with Gasteiger partial charge in [0.25, 0.3) is 5.91 Å². The van der Waals surface area contributed by atoms with Crippen molar-refractivity contribution >= 4 is 11.6 Å². The van der Waals surface area contributed by atoms with E-state index in [-0.39, 0.29) is 5.91 Å². The third kappa shape index (κ3) is 2.85. The van der Waals surface area contributed by atoms with Crippen LogP contribution in [0.5, 0.6) is 0 Å². The maximum atomic E-state index is 11.9. The van der Waals surface area contributed by atoms with Crippen LogP contribution in [-0.4, -0.2) is 27.4 Å². The quantitative estimate of drug-likeness (QED) is 0.772. The van der Waals surface area contributed by atoms with Gasteiger partial charge in [-0.15, -0.1) is 5.10 Å². The van der Waals surface area contributed by atoms with Crippen LogP contribution in [-0.2, 0) is 6.54 Å². The average Bonchev–Trinajstić information content (AvgIpc) is 2.81. The molecule has 0 saturated carbocycles. The van der Waals surface area contributed by atoms with Crippen LogP contribution in [0.2, 0.25) is 0 Å². The number of rotatable bonds is 4. The van der Waals surface area contributed by atoms with Gasteiger partial charge in [0.05, 0.1) is 18.3 Å². The van der Waals surface area contributed by atoms with Gasteiger partial charge < -0.3 is 11.1 Å². The van der Waals surface area contributed by atoms with Crippen molar-refractivity contribution in [2.75, 3.05) is 12.3 Å². The molecule has 0 atom stereocenters. The topological polar surface area (TPSA) is 85.8 Å². The van der Waals surface area contributed by atoms with Crippen molar-refractivity contribution in [3.05, 3.63) is 41.7 Å². The maximum absolute atomic E-state index is 11.9. The Bertz CT molecular complexity index is 535. The van der Waals surface area contributed by atoms with E-state index < -0.39 is 0 Å². The minimum absolute atomic E-state index is 0.174. The number of benzene rings is 1. The lowest BCUT2D eigenvalue weighted by atomic mass is 10.1. The second kappa shape index (κ2) is 5.31. The SMILES string of the molecule is Cc1ccc(C(=O)NCCn2ccnn2)c(N)c1. The van der Waals surface area contributed by atoms with Crippen LogP contribution < -0.4 is 11.1 Å². The highest BCUT2D eigenvalue weighted by Gasteiger charge is 2.08. The normalized spacial score (nSPS) is 10.3. The molecule has 0 unspecified atom stereocenters. The monoisotopic (exact) mass is 245 g/mol. The predicted molar refractivity (Wildman–Crippen MR) is 67.9 cm³/mol. The second-order valence-electron chi connectivity index (χ2n) is 4.01.